The van der Waals surface area contributed by atoms with Crippen LogP contribution in [0.4, 0.5) is 0 Å². The van der Waals surface area contributed by atoms with Gasteiger partial charge in [-0.2, -0.15) is 5.26 Å². The first-order valence-electron chi connectivity index (χ1n) is 5.31. The predicted octanol–water partition coefficient (Wildman–Crippen LogP) is 0.410. The zero-order valence-electron chi connectivity index (χ0n) is 10.0. The van der Waals surface area contributed by atoms with Crippen LogP contribution in [0, 0.1) is 16.7 Å². The summed E-state index contributed by atoms with van der Waals surface area (Å²) < 4.78 is 9.99. The summed E-state index contributed by atoms with van der Waals surface area (Å²) in [6.07, 6.45) is -0.387. The molecule has 1 aliphatic rings. The summed E-state index contributed by atoms with van der Waals surface area (Å²) in [5.74, 6) is -0.229. The molecule has 1 saturated heterocycles. The number of nitriles is 1. The lowest BCUT2D eigenvalue weighted by Crippen LogP contribution is -2.47. The molecular weight excluding hydrogens is 208 g/mol. The van der Waals surface area contributed by atoms with Crippen molar-refractivity contribution in [2.75, 3.05) is 33.4 Å². The Balaban J connectivity index is 2.53. The lowest BCUT2D eigenvalue weighted by molar-refractivity contribution is -0.152. The second-order valence-electron chi connectivity index (χ2n) is 4.60. The summed E-state index contributed by atoms with van der Waals surface area (Å²) in [5, 5.41) is 8.77. The minimum atomic E-state index is -0.550. The highest BCUT2D eigenvalue weighted by atomic mass is 16.5. The van der Waals surface area contributed by atoms with E-state index in [1.54, 1.807) is 0 Å². The minimum absolute atomic E-state index is 0.229. The van der Waals surface area contributed by atoms with E-state index in [2.05, 4.69) is 11.0 Å². The van der Waals surface area contributed by atoms with Gasteiger partial charge in [-0.1, -0.05) is 0 Å². The molecule has 0 N–H and O–H groups in total. The van der Waals surface area contributed by atoms with Gasteiger partial charge >= 0.3 is 5.97 Å². The van der Waals surface area contributed by atoms with Crippen molar-refractivity contribution in [3.05, 3.63) is 0 Å². The molecule has 1 unspecified atom stereocenters. The van der Waals surface area contributed by atoms with Crippen LogP contribution in [0.5, 0.6) is 0 Å². The van der Waals surface area contributed by atoms with Gasteiger partial charge in [0.25, 0.3) is 0 Å². The third kappa shape index (κ3) is 3.19. The van der Waals surface area contributed by atoms with E-state index in [1.807, 2.05) is 13.8 Å². The van der Waals surface area contributed by atoms with E-state index in [0.717, 1.165) is 6.54 Å². The van der Waals surface area contributed by atoms with E-state index in [4.69, 9.17) is 14.7 Å². The molecule has 1 heterocycles. The molecule has 0 aromatic heterocycles. The SMILES string of the molecule is COC(=O)C(C)(C)CN1CCOC(C#N)C1. The normalized spacial score (nSPS) is 22.5. The number of nitrogens with zero attached hydrogens (tertiary/aromatic N) is 2. The number of esters is 1. The molecule has 16 heavy (non-hydrogen) atoms. The van der Waals surface area contributed by atoms with Crippen LogP contribution in [0.3, 0.4) is 0 Å². The molecule has 0 spiro atoms. The second kappa shape index (κ2) is 5.28. The first-order chi connectivity index (χ1) is 7.49. The molecule has 0 aliphatic carbocycles. The topological polar surface area (TPSA) is 62.6 Å². The van der Waals surface area contributed by atoms with Crippen LogP contribution in [0.25, 0.3) is 0 Å². The standard InChI is InChI=1S/C11H18N2O3/c1-11(2,10(14)15-3)8-13-4-5-16-9(6-12)7-13/h9H,4-5,7-8H2,1-3H3. The van der Waals surface area contributed by atoms with E-state index >= 15 is 0 Å². The number of ether oxygens (including phenoxy) is 2. The monoisotopic (exact) mass is 226 g/mol. The van der Waals surface area contributed by atoms with Crippen molar-refractivity contribution in [1.82, 2.24) is 4.90 Å². The summed E-state index contributed by atoms with van der Waals surface area (Å²) >= 11 is 0. The van der Waals surface area contributed by atoms with Crippen LogP contribution in [-0.4, -0.2) is 50.3 Å². The highest BCUT2D eigenvalue weighted by molar-refractivity contribution is 5.76. The van der Waals surface area contributed by atoms with Crippen LogP contribution in [-0.2, 0) is 14.3 Å². The first-order valence-corrected chi connectivity index (χ1v) is 5.31. The Kier molecular flexibility index (Phi) is 4.27. The Morgan fingerprint density at radius 1 is 1.69 bits per heavy atom. The molecule has 5 heteroatoms. The first kappa shape index (κ1) is 12.9. The second-order valence-corrected chi connectivity index (χ2v) is 4.60. The van der Waals surface area contributed by atoms with Crippen LogP contribution in [0.1, 0.15) is 13.8 Å². The molecular formula is C11H18N2O3. The highest BCUT2D eigenvalue weighted by Crippen LogP contribution is 2.20. The predicted molar refractivity (Wildman–Crippen MR) is 57.6 cm³/mol. The molecule has 0 saturated carbocycles. The molecule has 90 valence electrons. The van der Waals surface area contributed by atoms with Gasteiger partial charge in [-0.05, 0) is 13.8 Å². The molecule has 0 amide bonds. The van der Waals surface area contributed by atoms with Crippen LogP contribution >= 0.6 is 0 Å². The lowest BCUT2D eigenvalue weighted by atomic mass is 9.92. The van der Waals surface area contributed by atoms with Crippen molar-refractivity contribution in [3.8, 4) is 6.07 Å². The Labute approximate surface area is 95.9 Å². The maximum atomic E-state index is 11.5. The van der Waals surface area contributed by atoms with Gasteiger partial charge in [-0.15, -0.1) is 0 Å². The maximum absolute atomic E-state index is 11.5. The highest BCUT2D eigenvalue weighted by Gasteiger charge is 2.33. The fraction of sp³-hybridized carbons (Fsp3) is 0.818. The van der Waals surface area contributed by atoms with Crippen molar-refractivity contribution in [2.45, 2.75) is 20.0 Å². The number of morpholine rings is 1. The van der Waals surface area contributed by atoms with Crippen LogP contribution in [0.15, 0.2) is 0 Å². The quantitative estimate of drug-likeness (QED) is 0.652. The van der Waals surface area contributed by atoms with E-state index in [-0.39, 0.29) is 12.1 Å². The summed E-state index contributed by atoms with van der Waals surface area (Å²) in [6.45, 7) is 6.11. The van der Waals surface area contributed by atoms with Gasteiger partial charge in [0.1, 0.15) is 0 Å². The van der Waals surface area contributed by atoms with Gasteiger partial charge in [0, 0.05) is 19.6 Å². The average molecular weight is 226 g/mol. The zero-order chi connectivity index (χ0) is 12.2. The summed E-state index contributed by atoms with van der Waals surface area (Å²) in [5.41, 5.74) is -0.550. The molecule has 1 aliphatic heterocycles. The Morgan fingerprint density at radius 2 is 2.38 bits per heavy atom. The fourth-order valence-corrected chi connectivity index (χ4v) is 1.82. The van der Waals surface area contributed by atoms with E-state index in [9.17, 15) is 4.79 Å². The van der Waals surface area contributed by atoms with E-state index < -0.39 is 5.41 Å². The third-order valence-corrected chi connectivity index (χ3v) is 2.65. The van der Waals surface area contributed by atoms with Crippen molar-refractivity contribution in [2.24, 2.45) is 5.41 Å². The molecule has 0 bridgehead atoms. The molecule has 5 nitrogen and oxygen atoms in total. The minimum Gasteiger partial charge on any atom is -0.469 e. The Hall–Kier alpha value is -1.12. The third-order valence-electron chi connectivity index (χ3n) is 2.65. The molecule has 0 radical (unpaired) electrons. The molecule has 0 aromatic rings. The van der Waals surface area contributed by atoms with E-state index in [1.165, 1.54) is 7.11 Å². The van der Waals surface area contributed by atoms with Crippen molar-refractivity contribution < 1.29 is 14.3 Å². The zero-order valence-corrected chi connectivity index (χ0v) is 10.0. The maximum Gasteiger partial charge on any atom is 0.312 e. The van der Waals surface area contributed by atoms with Crippen molar-refractivity contribution in [1.29, 1.82) is 5.26 Å². The average Bonchev–Trinajstić information content (AvgIpc) is 2.27. The van der Waals surface area contributed by atoms with Crippen LogP contribution < -0.4 is 0 Å². The number of hydrogen-bond acceptors (Lipinski definition) is 5. The summed E-state index contributed by atoms with van der Waals surface area (Å²) in [4.78, 5) is 13.6. The smallest absolute Gasteiger partial charge is 0.312 e. The molecule has 1 fully saturated rings. The summed E-state index contributed by atoms with van der Waals surface area (Å²) in [6, 6.07) is 2.08. The fourth-order valence-electron chi connectivity index (χ4n) is 1.82. The van der Waals surface area contributed by atoms with Crippen LogP contribution in [0.2, 0.25) is 0 Å². The van der Waals surface area contributed by atoms with Gasteiger partial charge in [0.2, 0.25) is 0 Å². The van der Waals surface area contributed by atoms with Crippen molar-refractivity contribution in [3.63, 3.8) is 0 Å². The van der Waals surface area contributed by atoms with Crippen molar-refractivity contribution >= 4 is 5.97 Å². The number of rotatable bonds is 3. The number of methoxy groups -OCH3 is 1. The van der Waals surface area contributed by atoms with Gasteiger partial charge in [-0.3, -0.25) is 9.69 Å². The van der Waals surface area contributed by atoms with Gasteiger partial charge in [0.05, 0.1) is 25.2 Å². The largest absolute Gasteiger partial charge is 0.469 e. The van der Waals surface area contributed by atoms with Gasteiger partial charge < -0.3 is 9.47 Å². The lowest BCUT2D eigenvalue weighted by Gasteiger charge is -2.34. The molecule has 1 rings (SSSR count). The Bertz CT molecular complexity index is 296. The molecule has 0 aromatic carbocycles. The van der Waals surface area contributed by atoms with Gasteiger partial charge in [-0.25, -0.2) is 0 Å². The number of hydrogen-bond donors (Lipinski definition) is 0. The number of carbonyl (C=O) groups excluding carboxylic acids is 1. The Morgan fingerprint density at radius 3 is 2.94 bits per heavy atom. The molecule has 1 atom stereocenters. The number of carbonyl (C=O) groups is 1. The summed E-state index contributed by atoms with van der Waals surface area (Å²) in [7, 11) is 1.39. The van der Waals surface area contributed by atoms with E-state index in [0.29, 0.717) is 19.7 Å². The van der Waals surface area contributed by atoms with Gasteiger partial charge in [0.15, 0.2) is 6.10 Å².